The molecule has 0 N–H and O–H groups in total. The van der Waals surface area contributed by atoms with E-state index in [1.165, 1.54) is 17.7 Å². The third kappa shape index (κ3) is 24.9. The normalized spacial score (nSPS) is 13.0. The Labute approximate surface area is 167 Å². The van der Waals surface area contributed by atoms with Crippen LogP contribution in [0.25, 0.3) is 0 Å². The first-order valence-corrected chi connectivity index (χ1v) is 9.82. The molecule has 1 atom stereocenters. The van der Waals surface area contributed by atoms with Crippen molar-refractivity contribution in [3.05, 3.63) is 48.5 Å². The predicted octanol–water partition coefficient (Wildman–Crippen LogP) is 7.95. The smallest absolute Gasteiger partial charge is 0.107 e. The van der Waals surface area contributed by atoms with Gasteiger partial charge in [0.05, 0.1) is 0 Å². The van der Waals surface area contributed by atoms with Crippen LogP contribution < -0.4 is 0 Å². The predicted molar refractivity (Wildman–Crippen MR) is 128 cm³/mol. The fourth-order valence-electron chi connectivity index (χ4n) is 1.48. The van der Waals surface area contributed by atoms with Crippen molar-refractivity contribution in [2.75, 3.05) is 7.05 Å². The van der Waals surface area contributed by atoms with Crippen LogP contribution in [0.15, 0.2) is 53.5 Å². The zero-order valence-corrected chi connectivity index (χ0v) is 19.7. The van der Waals surface area contributed by atoms with Gasteiger partial charge >= 0.3 is 0 Å². The van der Waals surface area contributed by atoms with Gasteiger partial charge in [-0.05, 0) is 31.8 Å². The third-order valence-electron chi connectivity index (χ3n) is 3.43. The summed E-state index contributed by atoms with van der Waals surface area (Å²) in [6, 6.07) is 0. The highest BCUT2D eigenvalue weighted by Crippen LogP contribution is 2.21. The van der Waals surface area contributed by atoms with Gasteiger partial charge in [0.15, 0.2) is 0 Å². The highest BCUT2D eigenvalue weighted by atomic mass is 14.7. The van der Waals surface area contributed by atoms with Gasteiger partial charge in [-0.1, -0.05) is 92.7 Å². The van der Waals surface area contributed by atoms with Crippen molar-refractivity contribution in [1.82, 2.24) is 0 Å². The molecule has 0 fully saturated rings. The molecule has 0 aromatic rings. The lowest BCUT2D eigenvalue weighted by molar-refractivity contribution is 0.590. The summed E-state index contributed by atoms with van der Waals surface area (Å²) in [5.74, 6) is 0.661. The molecule has 0 amide bonds. The first-order chi connectivity index (χ1) is 12.0. The largest absolute Gasteiger partial charge is 0.293 e. The fraction of sp³-hybridized carbons (Fsp3) is 0.625. The molecule has 2 heteroatoms. The number of allylic oxidation sites excluding steroid dienone is 6. The Balaban J connectivity index is -0.000000166. The molecule has 26 heavy (non-hydrogen) atoms. The van der Waals surface area contributed by atoms with Crippen molar-refractivity contribution in [3.8, 4) is 0 Å². The topological polar surface area (TPSA) is 12.4 Å². The van der Waals surface area contributed by atoms with Crippen molar-refractivity contribution < 1.29 is 0 Å². The quantitative estimate of drug-likeness (QED) is 0.204. The van der Waals surface area contributed by atoms with E-state index >= 15 is 0 Å². The van der Waals surface area contributed by atoms with Gasteiger partial charge in [-0.25, -0.2) is 0 Å². The van der Waals surface area contributed by atoms with Crippen molar-refractivity contribution >= 4 is 13.6 Å². The Morgan fingerprint density at radius 3 is 1.69 bits per heavy atom. The molecule has 0 aliphatic rings. The standard InChI is InChI=1S/C13H25N.C5H7B.C4H8.C2H6/c1-8-10(2)11(3)9-12(14-7)13(4,5)6;1-3-4-5(2)6;1-3-4-2;1-2/h9-10H,8H2,1-7H3;3-4H,1H2,2H3;3H,1,4H2,2H3;1-2H3/b11-9+,14-12?;5-4+;;. The summed E-state index contributed by atoms with van der Waals surface area (Å²) < 4.78 is 0. The van der Waals surface area contributed by atoms with Crippen LogP contribution in [0.1, 0.15) is 82.1 Å². The minimum atomic E-state index is 0.156. The van der Waals surface area contributed by atoms with E-state index in [9.17, 15) is 0 Å². The summed E-state index contributed by atoms with van der Waals surface area (Å²) in [4.78, 5) is 4.36. The summed E-state index contributed by atoms with van der Waals surface area (Å²) in [5, 5.41) is 0. The van der Waals surface area contributed by atoms with E-state index in [0.29, 0.717) is 5.92 Å². The molecule has 0 bridgehead atoms. The Bertz CT molecular complexity index is 416. The van der Waals surface area contributed by atoms with Gasteiger partial charge < -0.3 is 0 Å². The molecular weight excluding hydrogens is 313 g/mol. The first kappa shape index (κ1) is 32.4. The van der Waals surface area contributed by atoms with Crippen molar-refractivity contribution in [2.45, 2.75) is 82.1 Å². The van der Waals surface area contributed by atoms with Gasteiger partial charge in [-0.2, -0.15) is 0 Å². The van der Waals surface area contributed by atoms with Gasteiger partial charge in [0.25, 0.3) is 0 Å². The van der Waals surface area contributed by atoms with Crippen LogP contribution in [0.5, 0.6) is 0 Å². The first-order valence-electron chi connectivity index (χ1n) is 9.82. The number of hydrogen-bond acceptors (Lipinski definition) is 1. The van der Waals surface area contributed by atoms with Crippen LogP contribution in [0.4, 0.5) is 0 Å². The van der Waals surface area contributed by atoms with Gasteiger partial charge in [0.2, 0.25) is 0 Å². The zero-order valence-electron chi connectivity index (χ0n) is 19.7. The van der Waals surface area contributed by atoms with Gasteiger partial charge in [-0.15, -0.1) is 12.1 Å². The molecule has 0 spiro atoms. The summed E-state index contributed by atoms with van der Waals surface area (Å²) in [6.45, 7) is 28.1. The monoisotopic (exact) mass is 359 g/mol. The maximum atomic E-state index is 5.19. The van der Waals surface area contributed by atoms with Crippen molar-refractivity contribution in [2.24, 2.45) is 16.3 Å². The molecule has 2 radical (unpaired) electrons. The lowest BCUT2D eigenvalue weighted by Crippen LogP contribution is -2.19. The second-order valence-corrected chi connectivity index (χ2v) is 6.90. The van der Waals surface area contributed by atoms with Crippen LogP contribution in [0.3, 0.4) is 0 Å². The maximum absolute atomic E-state index is 5.19. The Hall–Kier alpha value is -1.31. The van der Waals surface area contributed by atoms with E-state index in [2.05, 4.69) is 72.7 Å². The van der Waals surface area contributed by atoms with E-state index < -0.39 is 0 Å². The second-order valence-electron chi connectivity index (χ2n) is 6.90. The van der Waals surface area contributed by atoms with E-state index in [0.717, 1.165) is 11.9 Å². The zero-order chi connectivity index (χ0) is 21.8. The summed E-state index contributed by atoms with van der Waals surface area (Å²) in [5.41, 5.74) is 3.58. The lowest BCUT2D eigenvalue weighted by atomic mass is 9.87. The number of aliphatic imine (C=N–C) groups is 1. The van der Waals surface area contributed by atoms with Crippen molar-refractivity contribution in [1.29, 1.82) is 0 Å². The number of hydrogen-bond donors (Lipinski definition) is 0. The average molecular weight is 359 g/mol. The summed E-state index contributed by atoms with van der Waals surface area (Å²) in [6.07, 6.45) is 9.81. The van der Waals surface area contributed by atoms with Crippen LogP contribution in [0.2, 0.25) is 0 Å². The molecule has 0 aromatic heterocycles. The summed E-state index contributed by atoms with van der Waals surface area (Å²) in [7, 11) is 7.07. The van der Waals surface area contributed by atoms with E-state index in [-0.39, 0.29) is 5.41 Å². The lowest BCUT2D eigenvalue weighted by Gasteiger charge is -2.20. The van der Waals surface area contributed by atoms with Crippen LogP contribution >= 0.6 is 0 Å². The molecule has 0 heterocycles. The van der Waals surface area contributed by atoms with E-state index in [1.807, 2.05) is 33.9 Å². The average Bonchev–Trinajstić information content (AvgIpc) is 2.59. The van der Waals surface area contributed by atoms with E-state index in [1.54, 1.807) is 12.2 Å². The van der Waals surface area contributed by atoms with E-state index in [4.69, 9.17) is 7.85 Å². The summed E-state index contributed by atoms with van der Waals surface area (Å²) >= 11 is 0. The molecule has 0 aliphatic carbocycles. The maximum Gasteiger partial charge on any atom is 0.107 e. The highest BCUT2D eigenvalue weighted by Gasteiger charge is 2.16. The van der Waals surface area contributed by atoms with Crippen LogP contribution in [-0.2, 0) is 0 Å². The molecular formula is C24H46BN. The molecule has 0 aromatic carbocycles. The molecule has 1 nitrogen and oxygen atoms in total. The van der Waals surface area contributed by atoms with Gasteiger partial charge in [0, 0.05) is 18.2 Å². The Morgan fingerprint density at radius 1 is 1.12 bits per heavy atom. The molecule has 0 saturated heterocycles. The number of rotatable bonds is 5. The van der Waals surface area contributed by atoms with Gasteiger partial charge in [-0.3, -0.25) is 4.99 Å². The Morgan fingerprint density at radius 2 is 1.54 bits per heavy atom. The minimum absolute atomic E-state index is 0.156. The molecule has 0 saturated carbocycles. The minimum Gasteiger partial charge on any atom is -0.293 e. The fourth-order valence-corrected chi connectivity index (χ4v) is 1.48. The number of nitrogens with zero attached hydrogens (tertiary/aromatic N) is 1. The Kier molecular flexibility index (Phi) is 27.1. The molecule has 150 valence electrons. The second kappa shape index (κ2) is 21.7. The van der Waals surface area contributed by atoms with Crippen LogP contribution in [0, 0.1) is 11.3 Å². The van der Waals surface area contributed by atoms with Crippen molar-refractivity contribution in [3.63, 3.8) is 0 Å². The third-order valence-corrected chi connectivity index (χ3v) is 3.43. The van der Waals surface area contributed by atoms with Gasteiger partial charge in [0.1, 0.15) is 7.85 Å². The highest BCUT2D eigenvalue weighted by molar-refractivity contribution is 6.21. The molecule has 0 rings (SSSR count). The van der Waals surface area contributed by atoms with Crippen LogP contribution in [-0.4, -0.2) is 20.6 Å². The molecule has 1 unspecified atom stereocenters. The SMILES string of the molecule is C=CCC.CC.CCC(C)/C(C)=C/C(=NC)C(C)(C)C.[B]/C(C)=C/C=C. The molecule has 0 aliphatic heterocycles.